The van der Waals surface area contributed by atoms with Crippen LogP contribution in [-0.2, 0) is 15.5 Å². The first-order valence-corrected chi connectivity index (χ1v) is 3.32. The van der Waals surface area contributed by atoms with E-state index in [4.69, 9.17) is 15.4 Å². The number of aliphatic hydroxyl groups excluding tert-OH is 1. The minimum Gasteiger partial charge on any atom is -0.389 e. The molecule has 56 valence electrons. The molecular weight excluding hydrogens is 146 g/mol. The highest BCUT2D eigenvalue weighted by molar-refractivity contribution is 7.74. The van der Waals surface area contributed by atoms with E-state index in [2.05, 4.69) is 4.18 Å². The number of hydrogen-bond donors (Lipinski definition) is 3. The molecule has 0 saturated heterocycles. The molecule has 0 rings (SSSR count). The van der Waals surface area contributed by atoms with Crippen molar-refractivity contribution < 1.29 is 18.1 Å². The Bertz CT molecular complexity index is 97.8. The van der Waals surface area contributed by atoms with Crippen LogP contribution in [0.3, 0.4) is 0 Å². The van der Waals surface area contributed by atoms with Gasteiger partial charge in [0.15, 0.2) is 0 Å². The second kappa shape index (κ2) is 4.83. The van der Waals surface area contributed by atoms with Crippen LogP contribution in [0.2, 0.25) is 0 Å². The van der Waals surface area contributed by atoms with Gasteiger partial charge in [0.05, 0.1) is 12.7 Å². The van der Waals surface area contributed by atoms with E-state index in [1.165, 1.54) is 0 Å². The Labute approximate surface area is 55.3 Å². The molecule has 5 nitrogen and oxygen atoms in total. The normalized spacial score (nSPS) is 17.2. The third-order valence-corrected chi connectivity index (χ3v) is 0.971. The first-order valence-electron chi connectivity index (χ1n) is 2.29. The van der Waals surface area contributed by atoms with Crippen molar-refractivity contribution in [2.45, 2.75) is 6.10 Å². The molecule has 0 aromatic rings. The predicted molar refractivity (Wildman–Crippen MR) is 31.8 cm³/mol. The molecule has 0 aromatic heterocycles. The summed E-state index contributed by atoms with van der Waals surface area (Å²) in [5.41, 5.74) is 4.95. The van der Waals surface area contributed by atoms with Gasteiger partial charge in [-0.05, 0) is 0 Å². The molecule has 0 bridgehead atoms. The van der Waals surface area contributed by atoms with E-state index in [0.29, 0.717) is 0 Å². The molecular formula is C3H9NO4S. The molecule has 4 N–H and O–H groups in total. The van der Waals surface area contributed by atoms with E-state index >= 15 is 0 Å². The van der Waals surface area contributed by atoms with Crippen LogP contribution >= 0.6 is 0 Å². The Balaban J connectivity index is 3.16. The van der Waals surface area contributed by atoms with Crippen molar-refractivity contribution in [2.24, 2.45) is 5.73 Å². The van der Waals surface area contributed by atoms with Gasteiger partial charge in [-0.2, -0.15) is 4.21 Å². The van der Waals surface area contributed by atoms with Crippen LogP contribution in [0.15, 0.2) is 0 Å². The lowest BCUT2D eigenvalue weighted by Gasteiger charge is -2.03. The van der Waals surface area contributed by atoms with Gasteiger partial charge in [-0.3, -0.25) is 8.74 Å². The minimum absolute atomic E-state index is 0.0250. The van der Waals surface area contributed by atoms with Gasteiger partial charge in [-0.1, -0.05) is 0 Å². The average molecular weight is 155 g/mol. The highest BCUT2D eigenvalue weighted by Gasteiger charge is 2.01. The lowest BCUT2D eigenvalue weighted by molar-refractivity contribution is 0.116. The Kier molecular flexibility index (Phi) is 4.83. The fourth-order valence-corrected chi connectivity index (χ4v) is 0.478. The smallest absolute Gasteiger partial charge is 0.301 e. The van der Waals surface area contributed by atoms with Crippen molar-refractivity contribution in [3.63, 3.8) is 0 Å². The van der Waals surface area contributed by atoms with E-state index in [-0.39, 0.29) is 13.2 Å². The van der Waals surface area contributed by atoms with Gasteiger partial charge in [0.2, 0.25) is 0 Å². The van der Waals surface area contributed by atoms with E-state index in [1.807, 2.05) is 0 Å². The second-order valence-corrected chi connectivity index (χ2v) is 2.06. The third kappa shape index (κ3) is 5.87. The van der Waals surface area contributed by atoms with Crippen molar-refractivity contribution in [1.82, 2.24) is 0 Å². The fraction of sp³-hybridized carbons (Fsp3) is 1.00. The lowest BCUT2D eigenvalue weighted by Crippen LogP contribution is -2.25. The molecule has 0 fully saturated rings. The van der Waals surface area contributed by atoms with E-state index < -0.39 is 17.5 Å². The summed E-state index contributed by atoms with van der Waals surface area (Å²) < 4.78 is 21.8. The molecule has 0 aromatic carbocycles. The third-order valence-electron chi connectivity index (χ3n) is 0.633. The summed E-state index contributed by atoms with van der Waals surface area (Å²) in [5.74, 6) is 0. The summed E-state index contributed by atoms with van der Waals surface area (Å²) in [7, 11) is 0. The maximum Gasteiger partial charge on any atom is 0.301 e. The maximum atomic E-state index is 9.76. The zero-order valence-electron chi connectivity index (χ0n) is 4.69. The van der Waals surface area contributed by atoms with E-state index in [0.717, 1.165) is 0 Å². The van der Waals surface area contributed by atoms with Gasteiger partial charge in [0, 0.05) is 6.54 Å². The first kappa shape index (κ1) is 8.99. The van der Waals surface area contributed by atoms with Crippen LogP contribution in [0.5, 0.6) is 0 Å². The molecule has 9 heavy (non-hydrogen) atoms. The van der Waals surface area contributed by atoms with Crippen molar-refractivity contribution in [3.05, 3.63) is 0 Å². The van der Waals surface area contributed by atoms with Crippen molar-refractivity contribution in [2.75, 3.05) is 13.2 Å². The topological polar surface area (TPSA) is 92.8 Å². The Morgan fingerprint density at radius 3 is 2.67 bits per heavy atom. The summed E-state index contributed by atoms with van der Waals surface area (Å²) in [6.07, 6.45) is -0.860. The molecule has 6 heteroatoms. The summed E-state index contributed by atoms with van der Waals surface area (Å²) >= 11 is -2.30. The molecule has 0 aliphatic heterocycles. The van der Waals surface area contributed by atoms with Crippen molar-refractivity contribution in [1.29, 1.82) is 0 Å². The Hall–Kier alpha value is -0.0100. The van der Waals surface area contributed by atoms with Gasteiger partial charge < -0.3 is 10.8 Å². The fourth-order valence-electron chi connectivity index (χ4n) is 0.205. The Morgan fingerprint density at radius 1 is 1.78 bits per heavy atom. The quantitative estimate of drug-likeness (QED) is 0.428. The van der Waals surface area contributed by atoms with Crippen LogP contribution in [0.1, 0.15) is 0 Å². The van der Waals surface area contributed by atoms with Crippen LogP contribution in [0, 0.1) is 0 Å². The molecule has 0 aliphatic carbocycles. The first-order chi connectivity index (χ1) is 4.16. The van der Waals surface area contributed by atoms with E-state index in [9.17, 15) is 4.21 Å². The van der Waals surface area contributed by atoms with E-state index in [1.54, 1.807) is 0 Å². The zero-order chi connectivity index (χ0) is 7.28. The van der Waals surface area contributed by atoms with Gasteiger partial charge in [0.25, 0.3) is 0 Å². The molecule has 2 unspecified atom stereocenters. The van der Waals surface area contributed by atoms with Crippen LogP contribution < -0.4 is 5.73 Å². The zero-order valence-corrected chi connectivity index (χ0v) is 5.50. The largest absolute Gasteiger partial charge is 0.389 e. The summed E-state index contributed by atoms with van der Waals surface area (Å²) in [4.78, 5) is 0. The SMILES string of the molecule is NCC(O)COS(=O)O. The molecule has 0 saturated carbocycles. The minimum atomic E-state index is -2.30. The van der Waals surface area contributed by atoms with Crippen molar-refractivity contribution >= 4 is 11.4 Å². The van der Waals surface area contributed by atoms with Crippen LogP contribution in [-0.4, -0.2) is 33.1 Å². The monoisotopic (exact) mass is 155 g/mol. The number of aliphatic hydroxyl groups is 1. The van der Waals surface area contributed by atoms with Gasteiger partial charge in [0.1, 0.15) is 0 Å². The second-order valence-electron chi connectivity index (χ2n) is 1.39. The summed E-state index contributed by atoms with van der Waals surface area (Å²) in [6.45, 7) is -0.184. The highest BCUT2D eigenvalue weighted by atomic mass is 32.2. The Morgan fingerprint density at radius 2 is 2.33 bits per heavy atom. The van der Waals surface area contributed by atoms with Gasteiger partial charge in [-0.25, -0.2) is 0 Å². The molecule has 0 amide bonds. The van der Waals surface area contributed by atoms with Crippen molar-refractivity contribution in [3.8, 4) is 0 Å². The molecule has 0 spiro atoms. The highest BCUT2D eigenvalue weighted by Crippen LogP contribution is 1.83. The number of rotatable bonds is 4. The molecule has 0 aliphatic rings. The standard InChI is InChI=1S/C3H9NO4S/c4-1-3(5)2-8-9(6)7/h3,5H,1-2,4H2,(H,6,7). The van der Waals surface area contributed by atoms with Crippen LogP contribution in [0.25, 0.3) is 0 Å². The van der Waals surface area contributed by atoms with Gasteiger partial charge in [-0.15, -0.1) is 0 Å². The van der Waals surface area contributed by atoms with Gasteiger partial charge >= 0.3 is 11.4 Å². The number of hydrogen-bond acceptors (Lipinski definition) is 4. The molecule has 0 heterocycles. The predicted octanol–water partition coefficient (Wildman–Crippen LogP) is -1.54. The molecule has 2 atom stereocenters. The average Bonchev–Trinajstić information content (AvgIpc) is 1.83. The molecule has 0 radical (unpaired) electrons. The summed E-state index contributed by atoms with van der Waals surface area (Å²) in [5, 5.41) is 8.61. The lowest BCUT2D eigenvalue weighted by atomic mass is 10.4. The summed E-state index contributed by atoms with van der Waals surface area (Å²) in [6, 6.07) is 0. The maximum absolute atomic E-state index is 9.76. The number of nitrogens with two attached hydrogens (primary N) is 1. The van der Waals surface area contributed by atoms with Crippen LogP contribution in [0.4, 0.5) is 0 Å².